The first-order valence-corrected chi connectivity index (χ1v) is 10.8. The Hall–Kier alpha value is -4.33. The summed E-state index contributed by atoms with van der Waals surface area (Å²) in [6, 6.07) is 16.7. The molecule has 7 nitrogen and oxygen atoms in total. The quantitative estimate of drug-likeness (QED) is 0.393. The van der Waals surface area contributed by atoms with E-state index in [4.69, 9.17) is 4.74 Å². The van der Waals surface area contributed by atoms with Crippen LogP contribution in [0.25, 0.3) is 0 Å². The van der Waals surface area contributed by atoms with Gasteiger partial charge in [0.05, 0.1) is 12.1 Å². The summed E-state index contributed by atoms with van der Waals surface area (Å²) in [5.74, 6) is -2.69. The zero-order valence-electron chi connectivity index (χ0n) is 19.6. The number of nitrogens with one attached hydrogen (secondary N) is 1. The SMILES string of the molecule is Cc1ccc(C(=O)c2ccccc2C(=O)OCC(=O)N(C)CC(=O)Nc2ccc(F)cc2)cc1C. The van der Waals surface area contributed by atoms with Crippen LogP contribution in [0.2, 0.25) is 0 Å². The van der Waals surface area contributed by atoms with Gasteiger partial charge in [0.2, 0.25) is 5.91 Å². The van der Waals surface area contributed by atoms with E-state index in [0.29, 0.717) is 11.3 Å². The summed E-state index contributed by atoms with van der Waals surface area (Å²) in [6.45, 7) is 2.94. The Labute approximate surface area is 202 Å². The summed E-state index contributed by atoms with van der Waals surface area (Å²) in [6.07, 6.45) is 0. The number of nitrogens with zero attached hydrogens (tertiary/aromatic N) is 1. The van der Waals surface area contributed by atoms with Gasteiger partial charge < -0.3 is 15.0 Å². The van der Waals surface area contributed by atoms with Crippen molar-refractivity contribution in [1.82, 2.24) is 4.90 Å². The number of carbonyl (C=O) groups excluding carboxylic acids is 4. The van der Waals surface area contributed by atoms with Gasteiger partial charge in [0.15, 0.2) is 12.4 Å². The van der Waals surface area contributed by atoms with Gasteiger partial charge in [-0.3, -0.25) is 14.4 Å². The number of hydrogen-bond acceptors (Lipinski definition) is 5. The molecule has 0 bridgehead atoms. The van der Waals surface area contributed by atoms with Crippen LogP contribution in [0.5, 0.6) is 0 Å². The maximum Gasteiger partial charge on any atom is 0.339 e. The number of benzene rings is 3. The lowest BCUT2D eigenvalue weighted by Gasteiger charge is -2.17. The molecule has 35 heavy (non-hydrogen) atoms. The molecule has 180 valence electrons. The van der Waals surface area contributed by atoms with Gasteiger partial charge in [-0.1, -0.05) is 30.3 Å². The topological polar surface area (TPSA) is 92.8 Å². The van der Waals surface area contributed by atoms with Crippen LogP contribution in [0.4, 0.5) is 10.1 Å². The average Bonchev–Trinajstić information content (AvgIpc) is 2.84. The third kappa shape index (κ3) is 6.60. The van der Waals surface area contributed by atoms with Gasteiger partial charge >= 0.3 is 5.97 Å². The fraction of sp³-hybridized carbons (Fsp3) is 0.185. The number of likely N-dealkylation sites (N-methyl/N-ethyl adjacent to an activating group) is 1. The molecule has 0 aliphatic carbocycles. The van der Waals surface area contributed by atoms with Crippen LogP contribution in [0, 0.1) is 19.7 Å². The van der Waals surface area contributed by atoms with Gasteiger partial charge in [-0.2, -0.15) is 0 Å². The predicted octanol–water partition coefficient (Wildman–Crippen LogP) is 3.93. The molecule has 3 aromatic rings. The lowest BCUT2D eigenvalue weighted by molar-refractivity contribution is -0.136. The molecule has 0 spiro atoms. The summed E-state index contributed by atoms with van der Waals surface area (Å²) in [7, 11) is 1.39. The molecule has 0 aliphatic heterocycles. The number of aryl methyl sites for hydroxylation is 2. The molecule has 3 aromatic carbocycles. The Kier molecular flexibility index (Phi) is 8.09. The van der Waals surface area contributed by atoms with Crippen molar-refractivity contribution >= 4 is 29.3 Å². The van der Waals surface area contributed by atoms with E-state index in [2.05, 4.69) is 5.32 Å². The number of ether oxygens (including phenoxy) is 1. The fourth-order valence-electron chi connectivity index (χ4n) is 3.25. The van der Waals surface area contributed by atoms with Gasteiger partial charge in [0.25, 0.3) is 5.91 Å². The molecule has 3 rings (SSSR count). The Morgan fingerprint density at radius 2 is 1.54 bits per heavy atom. The number of halogens is 1. The molecule has 0 aromatic heterocycles. The second kappa shape index (κ2) is 11.2. The standard InChI is InChI=1S/C27H25FN2O5/c1-17-8-9-19(14-18(17)2)26(33)22-6-4-5-7-23(22)27(34)35-16-25(32)30(3)15-24(31)29-21-12-10-20(28)11-13-21/h4-14H,15-16H2,1-3H3,(H,29,31). The second-order valence-electron chi connectivity index (χ2n) is 8.05. The van der Waals surface area contributed by atoms with Gasteiger partial charge in [0.1, 0.15) is 5.82 Å². The van der Waals surface area contributed by atoms with Crippen molar-refractivity contribution in [2.75, 3.05) is 25.5 Å². The molecule has 8 heteroatoms. The van der Waals surface area contributed by atoms with Crippen molar-refractivity contribution in [3.63, 3.8) is 0 Å². The maximum absolute atomic E-state index is 13.0. The van der Waals surface area contributed by atoms with E-state index >= 15 is 0 Å². The maximum atomic E-state index is 13.0. The van der Waals surface area contributed by atoms with Crippen molar-refractivity contribution in [1.29, 1.82) is 0 Å². The number of rotatable bonds is 8. The molecule has 0 saturated heterocycles. The van der Waals surface area contributed by atoms with E-state index in [1.165, 1.54) is 43.4 Å². The number of anilines is 1. The van der Waals surface area contributed by atoms with Crippen molar-refractivity contribution < 1.29 is 28.3 Å². The summed E-state index contributed by atoms with van der Waals surface area (Å²) in [5.41, 5.74) is 3.03. The van der Waals surface area contributed by atoms with Crippen molar-refractivity contribution in [3.05, 3.63) is 100 Å². The van der Waals surface area contributed by atoms with Gasteiger partial charge in [0, 0.05) is 23.9 Å². The van der Waals surface area contributed by atoms with Gasteiger partial charge in [-0.25, -0.2) is 9.18 Å². The highest BCUT2D eigenvalue weighted by Gasteiger charge is 2.21. The Bertz CT molecular complexity index is 1270. The number of carbonyl (C=O) groups is 4. The first-order chi connectivity index (χ1) is 16.7. The van der Waals surface area contributed by atoms with E-state index in [1.54, 1.807) is 24.3 Å². The number of amides is 2. The Morgan fingerprint density at radius 3 is 2.20 bits per heavy atom. The Morgan fingerprint density at radius 1 is 0.886 bits per heavy atom. The van der Waals surface area contributed by atoms with Crippen LogP contribution in [-0.2, 0) is 14.3 Å². The van der Waals surface area contributed by atoms with Gasteiger partial charge in [-0.15, -0.1) is 0 Å². The first-order valence-electron chi connectivity index (χ1n) is 10.8. The Balaban J connectivity index is 1.60. The summed E-state index contributed by atoms with van der Waals surface area (Å²) in [4.78, 5) is 51.3. The minimum Gasteiger partial charge on any atom is -0.452 e. The zero-order valence-corrected chi connectivity index (χ0v) is 19.6. The molecule has 0 radical (unpaired) electrons. The molecule has 0 heterocycles. The average molecular weight is 477 g/mol. The fourth-order valence-corrected chi connectivity index (χ4v) is 3.25. The molecule has 0 atom stereocenters. The minimum absolute atomic E-state index is 0.0419. The molecule has 2 amide bonds. The highest BCUT2D eigenvalue weighted by atomic mass is 19.1. The van der Waals surface area contributed by atoms with Crippen LogP contribution in [-0.4, -0.2) is 48.7 Å². The summed E-state index contributed by atoms with van der Waals surface area (Å²) < 4.78 is 18.1. The van der Waals surface area contributed by atoms with Gasteiger partial charge in [-0.05, 0) is 61.4 Å². The van der Waals surface area contributed by atoms with Crippen molar-refractivity contribution in [3.8, 4) is 0 Å². The molecular formula is C27H25FN2O5. The van der Waals surface area contributed by atoms with Crippen LogP contribution < -0.4 is 5.32 Å². The van der Waals surface area contributed by atoms with E-state index < -0.39 is 30.2 Å². The molecule has 0 aliphatic rings. The van der Waals surface area contributed by atoms with Crippen LogP contribution in [0.1, 0.15) is 37.4 Å². The van der Waals surface area contributed by atoms with E-state index in [0.717, 1.165) is 16.0 Å². The lowest BCUT2D eigenvalue weighted by Crippen LogP contribution is -2.37. The van der Waals surface area contributed by atoms with Crippen LogP contribution >= 0.6 is 0 Å². The zero-order chi connectivity index (χ0) is 25.5. The highest BCUT2D eigenvalue weighted by molar-refractivity contribution is 6.14. The van der Waals surface area contributed by atoms with Crippen LogP contribution in [0.15, 0.2) is 66.7 Å². The third-order valence-electron chi connectivity index (χ3n) is 5.42. The highest BCUT2D eigenvalue weighted by Crippen LogP contribution is 2.18. The second-order valence-corrected chi connectivity index (χ2v) is 8.05. The van der Waals surface area contributed by atoms with E-state index in [-0.39, 0.29) is 23.5 Å². The monoisotopic (exact) mass is 476 g/mol. The summed E-state index contributed by atoms with van der Waals surface area (Å²) in [5, 5.41) is 2.54. The predicted molar refractivity (Wildman–Crippen MR) is 129 cm³/mol. The molecule has 0 fully saturated rings. The van der Waals surface area contributed by atoms with E-state index in [9.17, 15) is 23.6 Å². The number of hydrogen-bond donors (Lipinski definition) is 1. The summed E-state index contributed by atoms with van der Waals surface area (Å²) >= 11 is 0. The van der Waals surface area contributed by atoms with E-state index in [1.807, 2.05) is 19.9 Å². The molecule has 0 saturated carbocycles. The normalized spacial score (nSPS) is 10.4. The lowest BCUT2D eigenvalue weighted by atomic mass is 9.96. The number of ketones is 1. The largest absolute Gasteiger partial charge is 0.452 e. The minimum atomic E-state index is -0.824. The third-order valence-corrected chi connectivity index (χ3v) is 5.42. The van der Waals surface area contributed by atoms with Crippen LogP contribution in [0.3, 0.4) is 0 Å². The smallest absolute Gasteiger partial charge is 0.339 e. The molecule has 1 N–H and O–H groups in total. The molecular weight excluding hydrogens is 451 g/mol. The number of esters is 1. The molecule has 0 unspecified atom stereocenters. The van der Waals surface area contributed by atoms with Crippen molar-refractivity contribution in [2.24, 2.45) is 0 Å². The van der Waals surface area contributed by atoms with Crippen molar-refractivity contribution in [2.45, 2.75) is 13.8 Å². The first kappa shape index (κ1) is 25.3.